The van der Waals surface area contributed by atoms with Crippen LogP contribution in [0.4, 0.5) is 5.69 Å². The molecule has 1 N–H and O–H groups in total. The van der Waals surface area contributed by atoms with Crippen LogP contribution in [0.2, 0.25) is 0 Å². The summed E-state index contributed by atoms with van der Waals surface area (Å²) in [5.41, 5.74) is 0.729. The molecule has 126 valence electrons. The lowest BCUT2D eigenvalue weighted by molar-refractivity contribution is -0.119. The van der Waals surface area contributed by atoms with Crippen LogP contribution in [0.5, 0.6) is 0 Å². The van der Waals surface area contributed by atoms with E-state index in [0.29, 0.717) is 10.2 Å². The molecule has 6 nitrogen and oxygen atoms in total. The van der Waals surface area contributed by atoms with Gasteiger partial charge in [0.15, 0.2) is 16.4 Å². The van der Waals surface area contributed by atoms with Crippen LogP contribution >= 0.6 is 15.9 Å². The molecule has 0 bridgehead atoms. The van der Waals surface area contributed by atoms with Gasteiger partial charge in [-0.05, 0) is 52.3 Å². The number of nitrogens with one attached hydrogen (secondary N) is 1. The molecular weight excluding hydrogens is 398 g/mol. The SMILES string of the molecule is CS(=O)(=O)c1ccc(C(=O)OCC(=O)Nc2ccccc2Br)cc1. The van der Waals surface area contributed by atoms with Crippen molar-refractivity contribution in [3.63, 3.8) is 0 Å². The fraction of sp³-hybridized carbons (Fsp3) is 0.125. The van der Waals surface area contributed by atoms with E-state index < -0.39 is 28.3 Å². The van der Waals surface area contributed by atoms with Crippen molar-refractivity contribution in [1.82, 2.24) is 0 Å². The molecule has 0 saturated heterocycles. The number of hydrogen-bond acceptors (Lipinski definition) is 5. The van der Waals surface area contributed by atoms with E-state index >= 15 is 0 Å². The molecule has 8 heteroatoms. The van der Waals surface area contributed by atoms with Crippen LogP contribution in [0.25, 0.3) is 0 Å². The molecule has 0 radical (unpaired) electrons. The summed E-state index contributed by atoms with van der Waals surface area (Å²) in [6, 6.07) is 12.3. The first-order valence-corrected chi connectivity index (χ1v) is 9.47. The number of benzene rings is 2. The van der Waals surface area contributed by atoms with Crippen molar-refractivity contribution in [1.29, 1.82) is 0 Å². The summed E-state index contributed by atoms with van der Waals surface area (Å²) in [4.78, 5) is 23.8. The maximum Gasteiger partial charge on any atom is 0.338 e. The maximum atomic E-state index is 11.9. The van der Waals surface area contributed by atoms with Crippen molar-refractivity contribution >= 4 is 43.3 Å². The Morgan fingerprint density at radius 1 is 1.08 bits per heavy atom. The van der Waals surface area contributed by atoms with Gasteiger partial charge >= 0.3 is 5.97 Å². The first-order valence-electron chi connectivity index (χ1n) is 6.79. The van der Waals surface area contributed by atoms with E-state index in [1.807, 2.05) is 0 Å². The minimum atomic E-state index is -3.33. The summed E-state index contributed by atoms with van der Waals surface area (Å²) in [6.07, 6.45) is 1.08. The largest absolute Gasteiger partial charge is 0.452 e. The van der Waals surface area contributed by atoms with E-state index in [-0.39, 0.29) is 10.5 Å². The maximum absolute atomic E-state index is 11.9. The van der Waals surface area contributed by atoms with Crippen LogP contribution < -0.4 is 5.32 Å². The molecule has 24 heavy (non-hydrogen) atoms. The minimum absolute atomic E-state index is 0.103. The third-order valence-electron chi connectivity index (χ3n) is 3.00. The number of amides is 1. The van der Waals surface area contributed by atoms with Crippen molar-refractivity contribution in [2.75, 3.05) is 18.2 Å². The van der Waals surface area contributed by atoms with Gasteiger partial charge in [-0.2, -0.15) is 0 Å². The summed E-state index contributed by atoms with van der Waals surface area (Å²) in [6.45, 7) is -0.450. The van der Waals surface area contributed by atoms with Crippen molar-refractivity contribution in [3.8, 4) is 0 Å². The number of ether oxygens (including phenoxy) is 1. The van der Waals surface area contributed by atoms with Gasteiger partial charge in [-0.25, -0.2) is 13.2 Å². The van der Waals surface area contributed by atoms with E-state index in [4.69, 9.17) is 4.74 Å². The Balaban J connectivity index is 1.93. The lowest BCUT2D eigenvalue weighted by Crippen LogP contribution is -2.21. The predicted octanol–water partition coefficient (Wildman–Crippen LogP) is 2.65. The monoisotopic (exact) mass is 411 g/mol. The molecule has 0 aliphatic heterocycles. The number of para-hydroxylation sites is 1. The first-order chi connectivity index (χ1) is 11.3. The summed E-state index contributed by atoms with van der Waals surface area (Å²) >= 11 is 3.29. The zero-order valence-electron chi connectivity index (χ0n) is 12.7. The lowest BCUT2D eigenvalue weighted by Gasteiger charge is -2.08. The van der Waals surface area contributed by atoms with E-state index in [1.165, 1.54) is 24.3 Å². The molecule has 0 aromatic heterocycles. The Kier molecular flexibility index (Phi) is 5.74. The van der Waals surface area contributed by atoms with Gasteiger partial charge in [0, 0.05) is 10.7 Å². The van der Waals surface area contributed by atoms with Crippen LogP contribution in [0.15, 0.2) is 57.9 Å². The highest BCUT2D eigenvalue weighted by Crippen LogP contribution is 2.21. The van der Waals surface area contributed by atoms with Crippen molar-refractivity contribution < 1.29 is 22.7 Å². The number of rotatable bonds is 5. The number of halogens is 1. The molecule has 0 spiro atoms. The second kappa shape index (κ2) is 7.59. The third kappa shape index (κ3) is 4.90. The Bertz CT molecular complexity index is 862. The van der Waals surface area contributed by atoms with Crippen molar-refractivity contribution in [2.45, 2.75) is 4.90 Å². The van der Waals surface area contributed by atoms with Gasteiger partial charge in [0.1, 0.15) is 0 Å². The number of sulfone groups is 1. The molecule has 0 aliphatic rings. The highest BCUT2D eigenvalue weighted by molar-refractivity contribution is 9.10. The Labute approximate surface area is 147 Å². The van der Waals surface area contributed by atoms with Crippen LogP contribution in [0.3, 0.4) is 0 Å². The summed E-state index contributed by atoms with van der Waals surface area (Å²) in [5.74, 6) is -1.19. The molecule has 2 rings (SSSR count). The highest BCUT2D eigenvalue weighted by atomic mass is 79.9. The average molecular weight is 412 g/mol. The first kappa shape index (κ1) is 18.2. The molecule has 0 unspecified atom stereocenters. The summed E-state index contributed by atoms with van der Waals surface area (Å²) in [5, 5.41) is 2.60. The second-order valence-electron chi connectivity index (χ2n) is 4.90. The van der Waals surface area contributed by atoms with Gasteiger partial charge < -0.3 is 10.1 Å². The molecule has 0 aliphatic carbocycles. The van der Waals surface area contributed by atoms with Crippen molar-refractivity contribution in [2.24, 2.45) is 0 Å². The van der Waals surface area contributed by atoms with Gasteiger partial charge in [-0.1, -0.05) is 12.1 Å². The quantitative estimate of drug-likeness (QED) is 0.763. The normalized spacial score (nSPS) is 10.9. The fourth-order valence-corrected chi connectivity index (χ4v) is 2.82. The van der Waals surface area contributed by atoms with Crippen LogP contribution in [0.1, 0.15) is 10.4 Å². The number of carbonyl (C=O) groups is 2. The molecule has 1 amide bonds. The van der Waals surface area contributed by atoms with Crippen LogP contribution in [0, 0.1) is 0 Å². The fourth-order valence-electron chi connectivity index (χ4n) is 1.80. The number of hydrogen-bond donors (Lipinski definition) is 1. The average Bonchev–Trinajstić information content (AvgIpc) is 2.54. The molecule has 0 fully saturated rings. The molecule has 2 aromatic rings. The van der Waals surface area contributed by atoms with Crippen LogP contribution in [-0.2, 0) is 19.4 Å². The zero-order valence-corrected chi connectivity index (χ0v) is 15.1. The topological polar surface area (TPSA) is 89.5 Å². The molecule has 0 saturated carbocycles. The number of esters is 1. The number of anilines is 1. The molecule has 0 heterocycles. The van der Waals surface area contributed by atoms with Gasteiger partial charge in [0.25, 0.3) is 5.91 Å². The van der Waals surface area contributed by atoms with Gasteiger partial charge in [-0.15, -0.1) is 0 Å². The lowest BCUT2D eigenvalue weighted by atomic mass is 10.2. The Morgan fingerprint density at radius 2 is 1.71 bits per heavy atom. The van der Waals surface area contributed by atoms with Gasteiger partial charge in [0.2, 0.25) is 0 Å². The summed E-state index contributed by atoms with van der Waals surface area (Å²) in [7, 11) is -3.33. The van der Waals surface area contributed by atoms with Crippen molar-refractivity contribution in [3.05, 3.63) is 58.6 Å². The third-order valence-corrected chi connectivity index (χ3v) is 4.82. The standard InChI is InChI=1S/C16H14BrNO5S/c1-24(21,22)12-8-6-11(7-9-12)16(20)23-10-15(19)18-14-5-3-2-4-13(14)17/h2-9H,10H2,1H3,(H,18,19). The predicted molar refractivity (Wildman–Crippen MR) is 92.6 cm³/mol. The van der Waals surface area contributed by atoms with Gasteiger partial charge in [0.05, 0.1) is 16.1 Å². The highest BCUT2D eigenvalue weighted by Gasteiger charge is 2.13. The van der Waals surface area contributed by atoms with E-state index in [9.17, 15) is 18.0 Å². The molecular formula is C16H14BrNO5S. The molecule has 2 aromatic carbocycles. The second-order valence-corrected chi connectivity index (χ2v) is 7.77. The Hall–Kier alpha value is -2.19. The zero-order chi connectivity index (χ0) is 17.7. The van der Waals surface area contributed by atoms with E-state index in [1.54, 1.807) is 24.3 Å². The van der Waals surface area contributed by atoms with E-state index in [0.717, 1.165) is 6.26 Å². The summed E-state index contributed by atoms with van der Waals surface area (Å²) < 4.78 is 28.3. The molecule has 0 atom stereocenters. The van der Waals surface area contributed by atoms with Crippen LogP contribution in [-0.4, -0.2) is 33.2 Å². The number of carbonyl (C=O) groups excluding carboxylic acids is 2. The smallest absolute Gasteiger partial charge is 0.338 e. The van der Waals surface area contributed by atoms with Gasteiger partial charge in [-0.3, -0.25) is 4.79 Å². The Morgan fingerprint density at radius 3 is 2.29 bits per heavy atom. The van der Waals surface area contributed by atoms with E-state index in [2.05, 4.69) is 21.2 Å². The minimum Gasteiger partial charge on any atom is -0.452 e.